The molecule has 0 saturated carbocycles. The number of rotatable bonds is 2. The molecular formula is C10H4Cl3F2N3. The van der Waals surface area contributed by atoms with Gasteiger partial charge in [0.1, 0.15) is 5.82 Å². The number of hydrogen-bond acceptors (Lipinski definition) is 3. The van der Waals surface area contributed by atoms with Crippen LogP contribution < -0.4 is 5.32 Å². The lowest BCUT2D eigenvalue weighted by atomic mass is 10.3. The van der Waals surface area contributed by atoms with Crippen molar-refractivity contribution in [3.05, 3.63) is 45.2 Å². The van der Waals surface area contributed by atoms with Gasteiger partial charge in [0.2, 0.25) is 0 Å². The van der Waals surface area contributed by atoms with Crippen molar-refractivity contribution in [3.63, 3.8) is 0 Å². The lowest BCUT2D eigenvalue weighted by Gasteiger charge is -2.10. The van der Waals surface area contributed by atoms with E-state index in [2.05, 4.69) is 15.5 Å². The number of benzene rings is 1. The van der Waals surface area contributed by atoms with Crippen LogP contribution in [-0.4, -0.2) is 10.2 Å². The summed E-state index contributed by atoms with van der Waals surface area (Å²) in [6, 6.07) is 3.01. The molecule has 2 aromatic rings. The Balaban J connectivity index is 2.43. The molecule has 2 rings (SSSR count). The SMILES string of the molecule is Fc1cc(F)c(Nc2cc(Cl)nnc2Cl)c(Cl)c1. The van der Waals surface area contributed by atoms with Gasteiger partial charge in [0.25, 0.3) is 0 Å². The van der Waals surface area contributed by atoms with Crippen molar-refractivity contribution in [2.75, 3.05) is 5.32 Å². The predicted molar refractivity (Wildman–Crippen MR) is 66.7 cm³/mol. The van der Waals surface area contributed by atoms with E-state index < -0.39 is 11.6 Å². The number of aromatic nitrogens is 2. The highest BCUT2D eigenvalue weighted by atomic mass is 35.5. The first kappa shape index (κ1) is 13.3. The van der Waals surface area contributed by atoms with Crippen molar-refractivity contribution in [1.82, 2.24) is 10.2 Å². The van der Waals surface area contributed by atoms with E-state index in [1.54, 1.807) is 0 Å². The zero-order chi connectivity index (χ0) is 13.3. The van der Waals surface area contributed by atoms with Crippen LogP contribution in [0.3, 0.4) is 0 Å². The Morgan fingerprint density at radius 1 is 1.00 bits per heavy atom. The van der Waals surface area contributed by atoms with Gasteiger partial charge >= 0.3 is 0 Å². The second-order valence-electron chi connectivity index (χ2n) is 3.24. The minimum absolute atomic E-state index is 0.0146. The lowest BCUT2D eigenvalue weighted by molar-refractivity contribution is 0.586. The van der Waals surface area contributed by atoms with Crippen LogP contribution >= 0.6 is 34.8 Å². The van der Waals surface area contributed by atoms with E-state index in [0.29, 0.717) is 6.07 Å². The van der Waals surface area contributed by atoms with Crippen LogP contribution in [0.15, 0.2) is 18.2 Å². The first-order chi connectivity index (χ1) is 8.47. The molecule has 3 nitrogen and oxygen atoms in total. The van der Waals surface area contributed by atoms with Crippen molar-refractivity contribution in [3.8, 4) is 0 Å². The van der Waals surface area contributed by atoms with Crippen LogP contribution in [0, 0.1) is 11.6 Å². The molecule has 0 bridgehead atoms. The molecule has 94 valence electrons. The van der Waals surface area contributed by atoms with Crippen LogP contribution in [0.2, 0.25) is 15.3 Å². The van der Waals surface area contributed by atoms with Crippen LogP contribution in [-0.2, 0) is 0 Å². The van der Waals surface area contributed by atoms with Gasteiger partial charge in [0.05, 0.1) is 16.4 Å². The summed E-state index contributed by atoms with van der Waals surface area (Å²) in [6.45, 7) is 0. The normalized spacial score (nSPS) is 10.5. The van der Waals surface area contributed by atoms with Crippen molar-refractivity contribution in [1.29, 1.82) is 0 Å². The lowest BCUT2D eigenvalue weighted by Crippen LogP contribution is -1.98. The molecule has 0 radical (unpaired) electrons. The Bertz CT molecular complexity index is 584. The average molecular weight is 311 g/mol. The quantitative estimate of drug-likeness (QED) is 0.890. The van der Waals surface area contributed by atoms with Crippen molar-refractivity contribution >= 4 is 46.2 Å². The van der Waals surface area contributed by atoms with E-state index in [-0.39, 0.29) is 26.7 Å². The van der Waals surface area contributed by atoms with Crippen molar-refractivity contribution < 1.29 is 8.78 Å². The third-order valence-corrected chi connectivity index (χ3v) is 2.75. The number of hydrogen-bond donors (Lipinski definition) is 1. The Labute approximate surface area is 116 Å². The van der Waals surface area contributed by atoms with Crippen molar-refractivity contribution in [2.45, 2.75) is 0 Å². The van der Waals surface area contributed by atoms with Gasteiger partial charge in [0.15, 0.2) is 16.1 Å². The molecule has 0 aliphatic heterocycles. The largest absolute Gasteiger partial charge is 0.349 e. The van der Waals surface area contributed by atoms with Crippen LogP contribution in [0.25, 0.3) is 0 Å². The summed E-state index contributed by atoms with van der Waals surface area (Å²) in [5.74, 6) is -1.64. The molecule has 1 aromatic heterocycles. The average Bonchev–Trinajstić information content (AvgIpc) is 2.28. The van der Waals surface area contributed by atoms with Crippen LogP contribution in [0.4, 0.5) is 20.2 Å². The van der Waals surface area contributed by atoms with Gasteiger partial charge in [-0.05, 0) is 6.07 Å². The second-order valence-corrected chi connectivity index (χ2v) is 4.39. The summed E-state index contributed by atoms with van der Waals surface area (Å²) >= 11 is 17.1. The summed E-state index contributed by atoms with van der Waals surface area (Å²) in [7, 11) is 0. The molecule has 0 unspecified atom stereocenters. The molecule has 0 saturated heterocycles. The monoisotopic (exact) mass is 309 g/mol. The topological polar surface area (TPSA) is 37.8 Å². The minimum atomic E-state index is -0.857. The third kappa shape index (κ3) is 2.80. The summed E-state index contributed by atoms with van der Waals surface area (Å²) in [5, 5.41) is 9.54. The minimum Gasteiger partial charge on any atom is -0.349 e. The van der Waals surface area contributed by atoms with Gasteiger partial charge in [-0.3, -0.25) is 0 Å². The van der Waals surface area contributed by atoms with Gasteiger partial charge in [-0.15, -0.1) is 10.2 Å². The summed E-state index contributed by atoms with van der Waals surface area (Å²) in [4.78, 5) is 0. The molecule has 1 heterocycles. The summed E-state index contributed by atoms with van der Waals surface area (Å²) < 4.78 is 26.4. The molecule has 0 atom stereocenters. The Hall–Kier alpha value is -1.17. The number of nitrogens with zero attached hydrogens (tertiary/aromatic N) is 2. The molecule has 18 heavy (non-hydrogen) atoms. The Morgan fingerprint density at radius 3 is 2.39 bits per heavy atom. The van der Waals surface area contributed by atoms with Gasteiger partial charge < -0.3 is 5.32 Å². The zero-order valence-corrected chi connectivity index (χ0v) is 10.8. The van der Waals surface area contributed by atoms with E-state index in [1.807, 2.05) is 0 Å². The molecule has 0 fully saturated rings. The Kier molecular flexibility index (Phi) is 3.85. The second kappa shape index (κ2) is 5.22. The Morgan fingerprint density at radius 2 is 1.72 bits per heavy atom. The van der Waals surface area contributed by atoms with Gasteiger partial charge in [-0.1, -0.05) is 34.8 Å². The van der Waals surface area contributed by atoms with E-state index >= 15 is 0 Å². The maximum Gasteiger partial charge on any atom is 0.175 e. The fraction of sp³-hybridized carbons (Fsp3) is 0. The van der Waals surface area contributed by atoms with Gasteiger partial charge in [0, 0.05) is 12.1 Å². The highest BCUT2D eigenvalue weighted by Gasteiger charge is 2.12. The summed E-state index contributed by atoms with van der Waals surface area (Å²) in [5.41, 5.74) is 0.0908. The standard InChI is InChI=1S/C10H4Cl3F2N3/c11-5-1-4(14)2-6(15)9(5)16-7-3-8(12)17-18-10(7)13/h1-3H,(H,16,17). The highest BCUT2D eigenvalue weighted by Crippen LogP contribution is 2.32. The first-order valence-electron chi connectivity index (χ1n) is 4.57. The molecule has 8 heteroatoms. The van der Waals surface area contributed by atoms with E-state index in [1.165, 1.54) is 6.07 Å². The fourth-order valence-electron chi connectivity index (χ4n) is 1.24. The molecule has 1 aromatic carbocycles. The summed E-state index contributed by atoms with van der Waals surface area (Å²) in [6.07, 6.45) is 0. The van der Waals surface area contributed by atoms with E-state index in [9.17, 15) is 8.78 Å². The number of halogens is 5. The number of nitrogens with one attached hydrogen (secondary N) is 1. The molecule has 0 spiro atoms. The highest BCUT2D eigenvalue weighted by molar-refractivity contribution is 6.35. The molecule has 0 aliphatic rings. The third-order valence-electron chi connectivity index (χ3n) is 1.99. The van der Waals surface area contributed by atoms with Gasteiger partial charge in [-0.2, -0.15) is 0 Å². The smallest absolute Gasteiger partial charge is 0.175 e. The van der Waals surface area contributed by atoms with E-state index in [4.69, 9.17) is 34.8 Å². The van der Waals surface area contributed by atoms with E-state index in [0.717, 1.165) is 6.07 Å². The van der Waals surface area contributed by atoms with Crippen LogP contribution in [0.1, 0.15) is 0 Å². The molecular weight excluding hydrogens is 306 g/mol. The first-order valence-corrected chi connectivity index (χ1v) is 5.71. The maximum absolute atomic E-state index is 13.5. The molecule has 0 amide bonds. The van der Waals surface area contributed by atoms with Crippen molar-refractivity contribution in [2.24, 2.45) is 0 Å². The zero-order valence-electron chi connectivity index (χ0n) is 8.52. The molecule has 0 aliphatic carbocycles. The van der Waals surface area contributed by atoms with Crippen LogP contribution in [0.5, 0.6) is 0 Å². The maximum atomic E-state index is 13.5. The predicted octanol–water partition coefficient (Wildman–Crippen LogP) is 4.46. The molecule has 1 N–H and O–H groups in total. The fourth-order valence-corrected chi connectivity index (χ4v) is 1.77. The van der Waals surface area contributed by atoms with Gasteiger partial charge in [-0.25, -0.2) is 8.78 Å². The number of anilines is 2.